The first-order valence-electron chi connectivity index (χ1n) is 4.88. The van der Waals surface area contributed by atoms with Crippen molar-refractivity contribution in [1.82, 2.24) is 9.88 Å². The van der Waals surface area contributed by atoms with Gasteiger partial charge in [0.25, 0.3) is 0 Å². The van der Waals surface area contributed by atoms with Crippen LogP contribution in [0, 0.1) is 0 Å². The van der Waals surface area contributed by atoms with Crippen molar-refractivity contribution in [1.29, 1.82) is 0 Å². The Balaban J connectivity index is 2.09. The molecule has 1 aromatic rings. The molecule has 6 heteroatoms. The van der Waals surface area contributed by atoms with Gasteiger partial charge in [-0.15, -0.1) is 0 Å². The minimum atomic E-state index is -0.921. The van der Waals surface area contributed by atoms with Crippen molar-refractivity contribution in [2.45, 2.75) is 6.10 Å². The number of rotatable bonds is 1. The molecule has 1 saturated heterocycles. The zero-order valence-electron chi connectivity index (χ0n) is 8.47. The third-order valence-corrected chi connectivity index (χ3v) is 2.68. The Morgan fingerprint density at radius 2 is 2.44 bits per heavy atom. The van der Waals surface area contributed by atoms with Gasteiger partial charge in [0, 0.05) is 18.3 Å². The Bertz CT molecular complexity index is 382. The fraction of sp³-hybridized carbons (Fsp3) is 0.400. The normalized spacial score (nSPS) is 20.8. The van der Waals surface area contributed by atoms with Crippen molar-refractivity contribution in [2.24, 2.45) is 0 Å². The van der Waals surface area contributed by atoms with Gasteiger partial charge in [-0.2, -0.15) is 0 Å². The van der Waals surface area contributed by atoms with Gasteiger partial charge in [-0.3, -0.25) is 0 Å². The third-order valence-electron chi connectivity index (χ3n) is 2.46. The molecule has 0 radical (unpaired) electrons. The molecule has 1 amide bonds. The van der Waals surface area contributed by atoms with Gasteiger partial charge in [0.1, 0.15) is 11.3 Å². The standard InChI is InChI=1S/C10H11ClN2O3/c11-9-2-1-7(5-12-9)8-6-13(10(14)15)3-4-16-8/h1-2,5,8H,3-4,6H2,(H,14,15)/t8-/m1/s1. The van der Waals surface area contributed by atoms with Gasteiger partial charge in [0.2, 0.25) is 0 Å². The molecule has 1 aromatic heterocycles. The second kappa shape index (κ2) is 4.67. The summed E-state index contributed by atoms with van der Waals surface area (Å²) in [6.45, 7) is 1.14. The van der Waals surface area contributed by atoms with Crippen molar-refractivity contribution in [3.05, 3.63) is 29.0 Å². The van der Waals surface area contributed by atoms with Gasteiger partial charge >= 0.3 is 6.09 Å². The Morgan fingerprint density at radius 1 is 1.62 bits per heavy atom. The van der Waals surface area contributed by atoms with Crippen LogP contribution < -0.4 is 0 Å². The molecule has 16 heavy (non-hydrogen) atoms. The summed E-state index contributed by atoms with van der Waals surface area (Å²) in [6, 6.07) is 3.46. The number of pyridine rings is 1. The average molecular weight is 243 g/mol. The van der Waals surface area contributed by atoms with E-state index in [2.05, 4.69) is 4.98 Å². The number of halogens is 1. The highest BCUT2D eigenvalue weighted by atomic mass is 35.5. The summed E-state index contributed by atoms with van der Waals surface area (Å²) in [5.41, 5.74) is 0.843. The Labute approximate surface area is 97.6 Å². The molecule has 1 N–H and O–H groups in total. The van der Waals surface area contributed by atoms with Crippen LogP contribution in [0.2, 0.25) is 5.15 Å². The maximum absolute atomic E-state index is 10.8. The molecule has 0 aromatic carbocycles. The van der Waals surface area contributed by atoms with Crippen molar-refractivity contribution in [3.8, 4) is 0 Å². The highest BCUT2D eigenvalue weighted by molar-refractivity contribution is 6.29. The lowest BCUT2D eigenvalue weighted by Gasteiger charge is -2.31. The first-order valence-corrected chi connectivity index (χ1v) is 5.25. The van der Waals surface area contributed by atoms with Crippen LogP contribution in [0.5, 0.6) is 0 Å². The molecule has 86 valence electrons. The number of nitrogens with zero attached hydrogens (tertiary/aromatic N) is 2. The van der Waals surface area contributed by atoms with Crippen molar-refractivity contribution < 1.29 is 14.6 Å². The van der Waals surface area contributed by atoms with Gasteiger partial charge in [0.05, 0.1) is 13.2 Å². The molecule has 0 spiro atoms. The van der Waals surface area contributed by atoms with Crippen LogP contribution in [-0.4, -0.2) is 40.8 Å². The lowest BCUT2D eigenvalue weighted by Crippen LogP contribution is -2.41. The Kier molecular flexibility index (Phi) is 3.26. The van der Waals surface area contributed by atoms with E-state index in [9.17, 15) is 4.79 Å². The first kappa shape index (κ1) is 11.2. The summed E-state index contributed by atoms with van der Waals surface area (Å²) in [6.07, 6.45) is 0.433. The summed E-state index contributed by atoms with van der Waals surface area (Å²) in [7, 11) is 0. The zero-order valence-corrected chi connectivity index (χ0v) is 9.22. The van der Waals surface area contributed by atoms with Crippen LogP contribution >= 0.6 is 11.6 Å². The van der Waals surface area contributed by atoms with Gasteiger partial charge < -0.3 is 14.7 Å². The van der Waals surface area contributed by atoms with Gasteiger partial charge in [0.15, 0.2) is 0 Å². The molecule has 1 aliphatic rings. The minimum absolute atomic E-state index is 0.255. The van der Waals surface area contributed by atoms with E-state index in [0.29, 0.717) is 24.8 Å². The SMILES string of the molecule is O=C(O)N1CCO[C@@H](c2ccc(Cl)nc2)C1. The van der Waals surface area contributed by atoms with E-state index in [1.165, 1.54) is 4.90 Å². The second-order valence-corrected chi connectivity index (χ2v) is 3.89. The summed E-state index contributed by atoms with van der Waals surface area (Å²) >= 11 is 5.67. The Hall–Kier alpha value is -1.33. The first-order chi connectivity index (χ1) is 7.66. The maximum Gasteiger partial charge on any atom is 0.407 e. The smallest absolute Gasteiger partial charge is 0.407 e. The number of hydrogen-bond donors (Lipinski definition) is 1. The number of carboxylic acid groups (broad SMARTS) is 1. The number of carbonyl (C=O) groups is 1. The van der Waals surface area contributed by atoms with E-state index >= 15 is 0 Å². The number of hydrogen-bond acceptors (Lipinski definition) is 3. The molecule has 0 unspecified atom stereocenters. The molecule has 1 aliphatic heterocycles. The van der Waals surface area contributed by atoms with E-state index in [1.54, 1.807) is 18.3 Å². The lowest BCUT2D eigenvalue weighted by atomic mass is 10.1. The van der Waals surface area contributed by atoms with Gasteiger partial charge in [-0.25, -0.2) is 9.78 Å². The second-order valence-electron chi connectivity index (χ2n) is 3.50. The lowest BCUT2D eigenvalue weighted by molar-refractivity contribution is -0.0233. The van der Waals surface area contributed by atoms with E-state index in [0.717, 1.165) is 5.56 Å². The van der Waals surface area contributed by atoms with Crippen molar-refractivity contribution >= 4 is 17.7 Å². The highest BCUT2D eigenvalue weighted by Gasteiger charge is 2.25. The average Bonchev–Trinajstić information content (AvgIpc) is 2.30. The van der Waals surface area contributed by atoms with Crippen molar-refractivity contribution in [3.63, 3.8) is 0 Å². The molecule has 0 saturated carbocycles. The quantitative estimate of drug-likeness (QED) is 0.763. The topological polar surface area (TPSA) is 62.7 Å². The number of morpholine rings is 1. The largest absolute Gasteiger partial charge is 0.465 e. The molecule has 5 nitrogen and oxygen atoms in total. The van der Waals surface area contributed by atoms with Crippen LogP contribution in [-0.2, 0) is 4.74 Å². The molecular weight excluding hydrogens is 232 g/mol. The monoisotopic (exact) mass is 242 g/mol. The van der Waals surface area contributed by atoms with E-state index < -0.39 is 6.09 Å². The number of aromatic nitrogens is 1. The van der Waals surface area contributed by atoms with Crippen LogP contribution in [0.4, 0.5) is 4.79 Å². The summed E-state index contributed by atoms with van der Waals surface area (Å²) in [4.78, 5) is 16.1. The zero-order chi connectivity index (χ0) is 11.5. The molecule has 1 fully saturated rings. The molecule has 0 aliphatic carbocycles. The highest BCUT2D eigenvalue weighted by Crippen LogP contribution is 2.22. The Morgan fingerprint density at radius 3 is 3.06 bits per heavy atom. The maximum atomic E-state index is 10.8. The molecule has 1 atom stereocenters. The molecule has 0 bridgehead atoms. The predicted molar refractivity (Wildman–Crippen MR) is 57.5 cm³/mol. The minimum Gasteiger partial charge on any atom is -0.465 e. The summed E-state index contributed by atoms with van der Waals surface area (Å²) in [5, 5.41) is 9.29. The third kappa shape index (κ3) is 2.43. The van der Waals surface area contributed by atoms with Crippen molar-refractivity contribution in [2.75, 3.05) is 19.7 Å². The van der Waals surface area contributed by atoms with Crippen LogP contribution in [0.25, 0.3) is 0 Å². The number of ether oxygens (including phenoxy) is 1. The number of amides is 1. The van der Waals surface area contributed by atoms with E-state index in [1.807, 2.05) is 0 Å². The van der Waals surface area contributed by atoms with Gasteiger partial charge in [-0.05, 0) is 6.07 Å². The molecular formula is C10H11ClN2O3. The fourth-order valence-electron chi connectivity index (χ4n) is 1.60. The summed E-state index contributed by atoms with van der Waals surface area (Å²) < 4.78 is 5.50. The van der Waals surface area contributed by atoms with Gasteiger partial charge in [-0.1, -0.05) is 17.7 Å². The predicted octanol–water partition coefficient (Wildman–Crippen LogP) is 1.79. The van der Waals surface area contributed by atoms with E-state index in [4.69, 9.17) is 21.4 Å². The van der Waals surface area contributed by atoms with Crippen LogP contribution in [0.15, 0.2) is 18.3 Å². The van der Waals surface area contributed by atoms with Crippen LogP contribution in [0.3, 0.4) is 0 Å². The molecule has 2 rings (SSSR count). The fourth-order valence-corrected chi connectivity index (χ4v) is 1.71. The van der Waals surface area contributed by atoms with Crippen LogP contribution in [0.1, 0.15) is 11.7 Å². The molecule has 2 heterocycles. The van der Waals surface area contributed by atoms with E-state index in [-0.39, 0.29) is 6.10 Å². The summed E-state index contributed by atoms with van der Waals surface area (Å²) in [5.74, 6) is 0.